The Balaban J connectivity index is 1.69. The van der Waals surface area contributed by atoms with Crippen LogP contribution in [0.5, 0.6) is 0 Å². The molecule has 0 saturated heterocycles. The number of aliphatic hydroxyl groups is 1. The topological polar surface area (TPSA) is 78.4 Å². The van der Waals surface area contributed by atoms with E-state index in [1.807, 2.05) is 0 Å². The number of benzene rings is 1. The first kappa shape index (κ1) is 16.8. The highest BCUT2D eigenvalue weighted by molar-refractivity contribution is 6.30. The smallest absolute Gasteiger partial charge is 0.223 e. The molecule has 1 unspecified atom stereocenters. The molecule has 0 spiro atoms. The van der Waals surface area contributed by atoms with Crippen molar-refractivity contribution in [1.82, 2.24) is 10.6 Å². The highest BCUT2D eigenvalue weighted by Gasteiger charge is 2.29. The monoisotopic (exact) mass is 324 g/mol. The van der Waals surface area contributed by atoms with E-state index in [0.717, 1.165) is 18.4 Å². The molecule has 5 nitrogen and oxygen atoms in total. The lowest BCUT2D eigenvalue weighted by Gasteiger charge is -2.17. The van der Waals surface area contributed by atoms with Crippen LogP contribution in [0.25, 0.3) is 0 Å². The van der Waals surface area contributed by atoms with Gasteiger partial charge in [-0.05, 0) is 37.0 Å². The summed E-state index contributed by atoms with van der Waals surface area (Å²) in [7, 11) is 0. The van der Waals surface area contributed by atoms with Crippen LogP contribution in [0.1, 0.15) is 37.3 Å². The van der Waals surface area contributed by atoms with E-state index < -0.39 is 6.04 Å². The van der Waals surface area contributed by atoms with E-state index in [0.29, 0.717) is 24.4 Å². The molecule has 0 radical (unpaired) electrons. The van der Waals surface area contributed by atoms with Gasteiger partial charge in [0.15, 0.2) is 0 Å². The van der Waals surface area contributed by atoms with E-state index in [1.165, 1.54) is 0 Å². The number of amides is 2. The normalized spacial score (nSPS) is 15.2. The lowest BCUT2D eigenvalue weighted by molar-refractivity contribution is -0.124. The first-order valence-corrected chi connectivity index (χ1v) is 7.91. The molecule has 22 heavy (non-hydrogen) atoms. The van der Waals surface area contributed by atoms with E-state index in [9.17, 15) is 14.7 Å². The average Bonchev–Trinajstić information content (AvgIpc) is 3.35. The van der Waals surface area contributed by atoms with Crippen LogP contribution in [-0.4, -0.2) is 30.1 Å². The first-order valence-electron chi connectivity index (χ1n) is 7.53. The Kier molecular flexibility index (Phi) is 6.21. The van der Waals surface area contributed by atoms with Crippen LogP contribution in [0.2, 0.25) is 5.02 Å². The van der Waals surface area contributed by atoms with Crippen LogP contribution in [0, 0.1) is 5.92 Å². The summed E-state index contributed by atoms with van der Waals surface area (Å²) in [6.45, 7) is 0.333. The lowest BCUT2D eigenvalue weighted by atomic mass is 10.1. The molecule has 2 rings (SSSR count). The molecule has 6 heteroatoms. The van der Waals surface area contributed by atoms with Gasteiger partial charge in [-0.25, -0.2) is 0 Å². The van der Waals surface area contributed by atoms with Crippen LogP contribution < -0.4 is 10.6 Å². The van der Waals surface area contributed by atoms with E-state index in [2.05, 4.69) is 10.6 Å². The Morgan fingerprint density at radius 1 is 1.27 bits per heavy atom. The number of hydrogen-bond acceptors (Lipinski definition) is 3. The number of carbonyl (C=O) groups excluding carboxylic acids is 2. The number of hydrogen-bond donors (Lipinski definition) is 3. The Labute approximate surface area is 135 Å². The van der Waals surface area contributed by atoms with Crippen LogP contribution in [0.4, 0.5) is 0 Å². The Hall–Kier alpha value is -1.59. The molecule has 2 amide bonds. The van der Waals surface area contributed by atoms with Crippen molar-refractivity contribution in [3.8, 4) is 0 Å². The Bertz CT molecular complexity index is 515. The zero-order valence-electron chi connectivity index (χ0n) is 12.3. The van der Waals surface area contributed by atoms with Gasteiger partial charge in [-0.15, -0.1) is 0 Å². The van der Waals surface area contributed by atoms with Gasteiger partial charge in [0.05, 0.1) is 12.6 Å². The largest absolute Gasteiger partial charge is 0.394 e. The van der Waals surface area contributed by atoms with Crippen molar-refractivity contribution in [3.63, 3.8) is 0 Å². The lowest BCUT2D eigenvalue weighted by Crippen LogP contribution is -2.32. The van der Waals surface area contributed by atoms with Gasteiger partial charge in [0.1, 0.15) is 0 Å². The third-order valence-electron chi connectivity index (χ3n) is 3.62. The molecule has 0 bridgehead atoms. The highest BCUT2D eigenvalue weighted by Crippen LogP contribution is 2.28. The molecule has 0 aliphatic heterocycles. The second-order valence-corrected chi connectivity index (χ2v) is 5.96. The number of halogens is 1. The molecule has 120 valence electrons. The Morgan fingerprint density at radius 3 is 2.55 bits per heavy atom. The predicted molar refractivity (Wildman–Crippen MR) is 84.4 cm³/mol. The summed E-state index contributed by atoms with van der Waals surface area (Å²) in [5, 5.41) is 15.6. The SMILES string of the molecule is O=C(CCCNC(=O)C1CC1)NC(CO)c1ccc(Cl)cc1. The molecular weight excluding hydrogens is 304 g/mol. The number of carbonyl (C=O) groups is 2. The van der Waals surface area contributed by atoms with E-state index >= 15 is 0 Å². The minimum atomic E-state index is -0.439. The van der Waals surface area contributed by atoms with Crippen molar-refractivity contribution < 1.29 is 14.7 Å². The van der Waals surface area contributed by atoms with Gasteiger partial charge in [0.25, 0.3) is 0 Å². The van der Waals surface area contributed by atoms with Crippen molar-refractivity contribution in [2.45, 2.75) is 31.7 Å². The molecule has 1 aromatic rings. The maximum Gasteiger partial charge on any atom is 0.223 e. The molecular formula is C16H21ClN2O3. The van der Waals surface area contributed by atoms with Crippen molar-refractivity contribution in [2.24, 2.45) is 5.92 Å². The number of aliphatic hydroxyl groups excluding tert-OH is 1. The second kappa shape index (κ2) is 8.15. The molecule has 1 atom stereocenters. The van der Waals surface area contributed by atoms with Gasteiger partial charge in [-0.2, -0.15) is 0 Å². The maximum absolute atomic E-state index is 11.9. The standard InChI is InChI=1S/C16H21ClN2O3/c17-13-7-5-11(6-8-13)14(10-20)19-15(21)2-1-9-18-16(22)12-3-4-12/h5-8,12,14,20H,1-4,9-10H2,(H,18,22)(H,19,21). The van der Waals surface area contributed by atoms with Gasteiger partial charge in [-0.1, -0.05) is 23.7 Å². The van der Waals surface area contributed by atoms with Gasteiger partial charge in [-0.3, -0.25) is 9.59 Å². The van der Waals surface area contributed by atoms with Crippen LogP contribution in [0.15, 0.2) is 24.3 Å². The fourth-order valence-electron chi connectivity index (χ4n) is 2.15. The third kappa shape index (κ3) is 5.31. The van der Waals surface area contributed by atoms with Gasteiger partial charge < -0.3 is 15.7 Å². The molecule has 1 aliphatic rings. The first-order chi connectivity index (χ1) is 10.6. The van der Waals surface area contributed by atoms with Crippen molar-refractivity contribution in [2.75, 3.05) is 13.2 Å². The molecule has 0 heterocycles. The Morgan fingerprint density at radius 2 is 1.95 bits per heavy atom. The van der Waals surface area contributed by atoms with Crippen LogP contribution in [0.3, 0.4) is 0 Å². The van der Waals surface area contributed by atoms with Gasteiger partial charge in [0.2, 0.25) is 11.8 Å². The van der Waals surface area contributed by atoms with Crippen LogP contribution in [-0.2, 0) is 9.59 Å². The zero-order valence-corrected chi connectivity index (χ0v) is 13.1. The van der Waals surface area contributed by atoms with Gasteiger partial charge >= 0.3 is 0 Å². The highest BCUT2D eigenvalue weighted by atomic mass is 35.5. The quantitative estimate of drug-likeness (QED) is 0.638. The minimum Gasteiger partial charge on any atom is -0.394 e. The molecule has 0 aromatic heterocycles. The summed E-state index contributed by atoms with van der Waals surface area (Å²) in [5.74, 6) is 0.141. The fourth-order valence-corrected chi connectivity index (χ4v) is 2.27. The molecule has 3 N–H and O–H groups in total. The van der Waals surface area contributed by atoms with Crippen molar-refractivity contribution >= 4 is 23.4 Å². The summed E-state index contributed by atoms with van der Waals surface area (Å²) in [4.78, 5) is 23.3. The van der Waals surface area contributed by atoms with Crippen LogP contribution >= 0.6 is 11.6 Å². The summed E-state index contributed by atoms with van der Waals surface area (Å²) >= 11 is 5.82. The van der Waals surface area contributed by atoms with E-state index in [1.54, 1.807) is 24.3 Å². The van der Waals surface area contributed by atoms with Crippen molar-refractivity contribution in [3.05, 3.63) is 34.9 Å². The molecule has 1 aromatic carbocycles. The summed E-state index contributed by atoms with van der Waals surface area (Å²) in [6, 6.07) is 6.56. The van der Waals surface area contributed by atoms with Crippen molar-refractivity contribution in [1.29, 1.82) is 0 Å². The molecule has 1 fully saturated rings. The minimum absolute atomic E-state index is 0.0924. The summed E-state index contributed by atoms with van der Waals surface area (Å²) < 4.78 is 0. The average molecular weight is 325 g/mol. The van der Waals surface area contributed by atoms with Gasteiger partial charge in [0, 0.05) is 23.9 Å². The third-order valence-corrected chi connectivity index (χ3v) is 3.87. The fraction of sp³-hybridized carbons (Fsp3) is 0.500. The summed E-state index contributed by atoms with van der Waals surface area (Å²) in [5.41, 5.74) is 0.808. The molecule has 1 saturated carbocycles. The second-order valence-electron chi connectivity index (χ2n) is 5.52. The zero-order chi connectivity index (χ0) is 15.9. The number of rotatable bonds is 8. The molecule has 1 aliphatic carbocycles. The predicted octanol–water partition coefficient (Wildman–Crippen LogP) is 1.80. The maximum atomic E-state index is 11.9. The van der Waals surface area contributed by atoms with E-state index in [-0.39, 0.29) is 24.3 Å². The van der Waals surface area contributed by atoms with E-state index in [4.69, 9.17) is 11.6 Å². The summed E-state index contributed by atoms with van der Waals surface area (Å²) in [6.07, 6.45) is 2.86. The number of nitrogens with one attached hydrogen (secondary N) is 2.